The van der Waals surface area contributed by atoms with Crippen molar-refractivity contribution in [3.05, 3.63) is 29.6 Å². The Morgan fingerprint density at radius 3 is 2.87 bits per heavy atom. The van der Waals surface area contributed by atoms with Crippen molar-refractivity contribution in [2.75, 3.05) is 25.0 Å². The van der Waals surface area contributed by atoms with Gasteiger partial charge in [0.2, 0.25) is 0 Å². The molecule has 0 unspecified atom stereocenters. The van der Waals surface area contributed by atoms with E-state index in [9.17, 15) is 5.26 Å². The maximum atomic E-state index is 9.47. The summed E-state index contributed by atoms with van der Waals surface area (Å²) in [6.07, 6.45) is 6.01. The molecule has 2 N–H and O–H groups in total. The summed E-state index contributed by atoms with van der Waals surface area (Å²) in [6.45, 7) is 4.11. The van der Waals surface area contributed by atoms with Crippen LogP contribution in [-0.4, -0.2) is 40.1 Å². The van der Waals surface area contributed by atoms with E-state index < -0.39 is 0 Å². The first-order chi connectivity index (χ1) is 11.1. The van der Waals surface area contributed by atoms with Crippen LogP contribution in [0.25, 0.3) is 5.52 Å². The maximum Gasteiger partial charge on any atom is 0.103 e. The van der Waals surface area contributed by atoms with Crippen molar-refractivity contribution in [3.63, 3.8) is 0 Å². The van der Waals surface area contributed by atoms with Crippen LogP contribution in [-0.2, 0) is 0 Å². The summed E-state index contributed by atoms with van der Waals surface area (Å²) in [4.78, 5) is 2.34. The zero-order valence-corrected chi connectivity index (χ0v) is 14.2. The Labute approximate surface area is 140 Å². The minimum absolute atomic E-state index is 0.405. The van der Waals surface area contributed by atoms with Gasteiger partial charge in [0.1, 0.15) is 6.07 Å². The van der Waals surface area contributed by atoms with Crippen molar-refractivity contribution in [2.24, 2.45) is 10.6 Å². The molecule has 1 aliphatic heterocycles. The zero-order chi connectivity index (χ0) is 16.2. The summed E-state index contributed by atoms with van der Waals surface area (Å²) in [5.74, 6) is 0. The highest BCUT2D eigenvalue weighted by molar-refractivity contribution is 7.94. The lowest BCUT2D eigenvalue weighted by Crippen LogP contribution is -2.66. The highest BCUT2D eigenvalue weighted by atomic mass is 32.2. The quantitative estimate of drug-likeness (QED) is 0.868. The summed E-state index contributed by atoms with van der Waals surface area (Å²) in [5, 5.41) is 19.4. The van der Waals surface area contributed by atoms with E-state index in [1.165, 1.54) is 25.0 Å². The number of rotatable bonds is 3. The molecule has 0 amide bonds. The minimum Gasteiger partial charge on any atom is -0.367 e. The van der Waals surface area contributed by atoms with E-state index in [0.29, 0.717) is 17.0 Å². The first-order valence-electron chi connectivity index (χ1n) is 7.78. The molecule has 4 rings (SSSR count). The lowest BCUT2D eigenvalue weighted by atomic mass is 9.60. The number of aromatic nitrogens is 2. The molecule has 3 heterocycles. The maximum absolute atomic E-state index is 9.47. The lowest BCUT2D eigenvalue weighted by Gasteiger charge is -2.61. The Balaban J connectivity index is 1.59. The molecule has 7 heteroatoms. The van der Waals surface area contributed by atoms with Crippen molar-refractivity contribution in [1.29, 1.82) is 5.26 Å². The first kappa shape index (κ1) is 14.8. The molecule has 1 saturated carbocycles. The number of aryl methyl sites for hydroxylation is 1. The van der Waals surface area contributed by atoms with Crippen LogP contribution < -0.4 is 10.0 Å². The normalized spacial score (nSPS) is 19.9. The van der Waals surface area contributed by atoms with Crippen LogP contribution in [0.5, 0.6) is 0 Å². The predicted octanol–water partition coefficient (Wildman–Crippen LogP) is 1.94. The van der Waals surface area contributed by atoms with Gasteiger partial charge in [-0.3, -0.25) is 5.14 Å². The van der Waals surface area contributed by atoms with Gasteiger partial charge < -0.3 is 4.90 Å². The summed E-state index contributed by atoms with van der Waals surface area (Å²) >= 11 is 1.32. The molecule has 1 saturated heterocycles. The molecular formula is C16H20N6S. The van der Waals surface area contributed by atoms with Crippen molar-refractivity contribution >= 4 is 23.3 Å². The minimum atomic E-state index is 0.405. The van der Waals surface area contributed by atoms with Gasteiger partial charge in [-0.2, -0.15) is 10.4 Å². The Kier molecular flexibility index (Phi) is 3.30. The molecule has 0 atom stereocenters. The van der Waals surface area contributed by atoms with E-state index in [4.69, 9.17) is 5.14 Å². The van der Waals surface area contributed by atoms with Crippen molar-refractivity contribution in [1.82, 2.24) is 13.9 Å². The van der Waals surface area contributed by atoms with Gasteiger partial charge in [0.05, 0.1) is 23.0 Å². The van der Waals surface area contributed by atoms with Crippen LogP contribution in [0.1, 0.15) is 24.0 Å². The molecule has 1 aliphatic carbocycles. The summed E-state index contributed by atoms with van der Waals surface area (Å²) in [7, 11) is 2.06. The molecule has 2 fully saturated rings. The molecule has 1 spiro atoms. The topological polar surface area (TPSA) is 73.6 Å². The van der Waals surface area contributed by atoms with E-state index in [-0.39, 0.29) is 0 Å². The number of nitriles is 1. The van der Waals surface area contributed by atoms with Gasteiger partial charge in [0.15, 0.2) is 0 Å². The Bertz CT molecular complexity index is 793. The SMILES string of the molecule is Cc1ccn2ncc(C#N)c(N3CC4(CC(N(C)SN)C4)C3)c12. The van der Waals surface area contributed by atoms with E-state index >= 15 is 0 Å². The van der Waals surface area contributed by atoms with Gasteiger partial charge in [0, 0.05) is 42.9 Å². The van der Waals surface area contributed by atoms with Crippen LogP contribution in [0.3, 0.4) is 0 Å². The van der Waals surface area contributed by atoms with Gasteiger partial charge in [0.25, 0.3) is 0 Å². The fraction of sp³-hybridized carbons (Fsp3) is 0.500. The molecule has 23 heavy (non-hydrogen) atoms. The summed E-state index contributed by atoms with van der Waals surface area (Å²) in [6, 6.07) is 4.94. The smallest absolute Gasteiger partial charge is 0.103 e. The second-order valence-electron chi connectivity index (χ2n) is 6.88. The van der Waals surface area contributed by atoms with Gasteiger partial charge >= 0.3 is 0 Å². The average Bonchev–Trinajstić information content (AvgIpc) is 2.85. The molecule has 2 aliphatic rings. The molecule has 0 radical (unpaired) electrons. The fourth-order valence-electron chi connectivity index (χ4n) is 4.08. The summed E-state index contributed by atoms with van der Waals surface area (Å²) in [5.41, 5.74) is 4.34. The molecule has 2 aromatic heterocycles. The Hall–Kier alpha value is -1.75. The number of anilines is 1. The highest BCUT2D eigenvalue weighted by Gasteiger charge is 2.54. The number of nitrogens with two attached hydrogens (primary N) is 1. The molecule has 0 aromatic carbocycles. The Morgan fingerprint density at radius 2 is 2.22 bits per heavy atom. The highest BCUT2D eigenvalue weighted by Crippen LogP contribution is 2.52. The van der Waals surface area contributed by atoms with Crippen molar-refractivity contribution in [3.8, 4) is 6.07 Å². The monoisotopic (exact) mass is 328 g/mol. The van der Waals surface area contributed by atoms with Crippen LogP contribution >= 0.6 is 12.1 Å². The standard InChI is InChI=1S/C16H20N6S/c1-11-3-4-22-14(11)15(12(7-17)8-19-22)21-9-16(10-21)5-13(6-16)20(2)23-18/h3-4,8,13H,5-6,9-10,18H2,1-2H3. The second kappa shape index (κ2) is 5.13. The molecule has 2 aromatic rings. The molecule has 0 bridgehead atoms. The van der Waals surface area contributed by atoms with E-state index in [2.05, 4.69) is 40.4 Å². The van der Waals surface area contributed by atoms with Gasteiger partial charge in [-0.15, -0.1) is 0 Å². The van der Waals surface area contributed by atoms with Crippen molar-refractivity contribution < 1.29 is 0 Å². The van der Waals surface area contributed by atoms with Crippen LogP contribution in [0, 0.1) is 23.7 Å². The first-order valence-corrected chi connectivity index (χ1v) is 8.62. The third-order valence-electron chi connectivity index (χ3n) is 5.37. The van der Waals surface area contributed by atoms with Crippen LogP contribution in [0.2, 0.25) is 0 Å². The predicted molar refractivity (Wildman–Crippen MR) is 91.9 cm³/mol. The molecular weight excluding hydrogens is 308 g/mol. The third kappa shape index (κ3) is 2.13. The van der Waals surface area contributed by atoms with E-state index in [0.717, 1.165) is 29.9 Å². The second-order valence-corrected chi connectivity index (χ2v) is 7.67. The molecule has 6 nitrogen and oxygen atoms in total. The van der Waals surface area contributed by atoms with Gasteiger partial charge in [-0.25, -0.2) is 8.82 Å². The molecule has 120 valence electrons. The van der Waals surface area contributed by atoms with Crippen molar-refractivity contribution in [2.45, 2.75) is 25.8 Å². The van der Waals surface area contributed by atoms with Crippen LogP contribution in [0.4, 0.5) is 5.69 Å². The fourth-order valence-corrected chi connectivity index (χ4v) is 4.40. The van der Waals surface area contributed by atoms with Gasteiger partial charge in [-0.1, -0.05) is 0 Å². The van der Waals surface area contributed by atoms with Gasteiger partial charge in [-0.05, 0) is 38.4 Å². The number of hydrogen-bond acceptors (Lipinski definition) is 6. The number of nitrogens with zero attached hydrogens (tertiary/aromatic N) is 5. The Morgan fingerprint density at radius 1 is 1.48 bits per heavy atom. The largest absolute Gasteiger partial charge is 0.367 e. The van der Waals surface area contributed by atoms with E-state index in [1.807, 2.05) is 10.7 Å². The third-order valence-corrected chi connectivity index (χ3v) is 6.00. The zero-order valence-electron chi connectivity index (χ0n) is 13.4. The number of hydrogen-bond donors (Lipinski definition) is 1. The average molecular weight is 328 g/mol. The number of fused-ring (bicyclic) bond motifs is 1. The summed E-state index contributed by atoms with van der Waals surface area (Å²) < 4.78 is 4.02. The lowest BCUT2D eigenvalue weighted by molar-refractivity contribution is 0.0244. The van der Waals surface area contributed by atoms with E-state index in [1.54, 1.807) is 6.20 Å². The van der Waals surface area contributed by atoms with Crippen LogP contribution in [0.15, 0.2) is 18.5 Å².